The number of carbonyl (C=O) groups is 2. The van der Waals surface area contributed by atoms with Crippen LogP contribution < -0.4 is 0 Å². The van der Waals surface area contributed by atoms with Gasteiger partial charge in [0.2, 0.25) is 10.2 Å². The van der Waals surface area contributed by atoms with E-state index in [2.05, 4.69) is 0 Å². The van der Waals surface area contributed by atoms with E-state index < -0.39 is 0 Å². The largest absolute Gasteiger partial charge is 0.282 e. The van der Waals surface area contributed by atoms with E-state index in [0.717, 1.165) is 17.3 Å². The van der Waals surface area contributed by atoms with Crippen molar-refractivity contribution in [2.45, 2.75) is 0 Å². The van der Waals surface area contributed by atoms with Crippen LogP contribution in [-0.2, 0) is 9.59 Å². The number of hydrogen-bond acceptors (Lipinski definition) is 3. The van der Waals surface area contributed by atoms with E-state index in [-0.39, 0.29) is 10.2 Å². The summed E-state index contributed by atoms with van der Waals surface area (Å²) in [5.41, 5.74) is 1.32. The van der Waals surface area contributed by atoms with Crippen molar-refractivity contribution in [2.75, 3.05) is 0 Å². The Balaban J connectivity index is 2.43. The zero-order valence-electron chi connectivity index (χ0n) is 6.69. The van der Waals surface area contributed by atoms with E-state index in [1.165, 1.54) is 6.08 Å². The molecule has 3 heteroatoms. The Kier molecular flexibility index (Phi) is 2.02. The summed E-state index contributed by atoms with van der Waals surface area (Å²) in [6, 6.07) is 9.21. The van der Waals surface area contributed by atoms with Gasteiger partial charge >= 0.3 is 0 Å². The highest BCUT2D eigenvalue weighted by molar-refractivity contribution is 8.28. The lowest BCUT2D eigenvalue weighted by molar-refractivity contribution is -0.107. The van der Waals surface area contributed by atoms with E-state index >= 15 is 0 Å². The first-order valence-corrected chi connectivity index (χ1v) is 4.62. The van der Waals surface area contributed by atoms with Crippen LogP contribution in [0, 0.1) is 0 Å². The maximum atomic E-state index is 11.3. The average molecular weight is 190 g/mol. The molecule has 0 radical (unpaired) electrons. The SMILES string of the molecule is O=C1C=C(c2ccccc2)C(=O)S1. The summed E-state index contributed by atoms with van der Waals surface area (Å²) in [4.78, 5) is 22.2. The van der Waals surface area contributed by atoms with Gasteiger partial charge in [0.05, 0.1) is 0 Å². The number of thioether (sulfide) groups is 1. The lowest BCUT2D eigenvalue weighted by atomic mass is 10.1. The van der Waals surface area contributed by atoms with Gasteiger partial charge in [-0.15, -0.1) is 0 Å². The Hall–Kier alpha value is -1.35. The molecule has 1 aliphatic rings. The van der Waals surface area contributed by atoms with E-state index in [0.29, 0.717) is 5.57 Å². The average Bonchev–Trinajstić information content (AvgIpc) is 2.47. The minimum Gasteiger partial charge on any atom is -0.282 e. The molecule has 1 heterocycles. The molecule has 0 saturated heterocycles. The minimum atomic E-state index is -0.177. The van der Waals surface area contributed by atoms with Crippen LogP contribution in [0.15, 0.2) is 36.4 Å². The maximum absolute atomic E-state index is 11.3. The van der Waals surface area contributed by atoms with Crippen LogP contribution in [0.2, 0.25) is 0 Å². The second-order valence-electron chi connectivity index (χ2n) is 2.63. The molecule has 2 nitrogen and oxygen atoms in total. The molecule has 64 valence electrons. The van der Waals surface area contributed by atoms with Crippen molar-refractivity contribution in [3.05, 3.63) is 42.0 Å². The van der Waals surface area contributed by atoms with Gasteiger partial charge < -0.3 is 0 Å². The van der Waals surface area contributed by atoms with Crippen LogP contribution in [0.25, 0.3) is 5.57 Å². The molecule has 1 aromatic carbocycles. The van der Waals surface area contributed by atoms with Gasteiger partial charge in [0, 0.05) is 11.6 Å². The molecular weight excluding hydrogens is 184 g/mol. The molecule has 2 rings (SSSR count). The minimum absolute atomic E-state index is 0.156. The van der Waals surface area contributed by atoms with Crippen LogP contribution in [0.5, 0.6) is 0 Å². The van der Waals surface area contributed by atoms with Gasteiger partial charge in [0.25, 0.3) is 0 Å². The number of benzene rings is 1. The molecule has 0 amide bonds. The predicted octanol–water partition coefficient (Wildman–Crippen LogP) is 1.87. The van der Waals surface area contributed by atoms with Crippen molar-refractivity contribution >= 4 is 27.6 Å². The molecule has 0 spiro atoms. The molecule has 0 aromatic heterocycles. The summed E-state index contributed by atoms with van der Waals surface area (Å²) < 4.78 is 0. The third-order valence-electron chi connectivity index (χ3n) is 1.76. The Morgan fingerprint density at radius 2 is 1.69 bits per heavy atom. The third kappa shape index (κ3) is 1.55. The molecule has 0 atom stereocenters. The normalized spacial score (nSPS) is 16.2. The van der Waals surface area contributed by atoms with E-state index in [1.54, 1.807) is 0 Å². The second kappa shape index (κ2) is 3.18. The first kappa shape index (κ1) is 8.26. The first-order chi connectivity index (χ1) is 6.27. The van der Waals surface area contributed by atoms with E-state index in [1.807, 2.05) is 30.3 Å². The summed E-state index contributed by atoms with van der Waals surface area (Å²) in [5, 5.41) is -0.333. The van der Waals surface area contributed by atoms with Crippen LogP contribution in [0.4, 0.5) is 0 Å². The highest BCUT2D eigenvalue weighted by atomic mass is 32.2. The van der Waals surface area contributed by atoms with Crippen molar-refractivity contribution in [1.82, 2.24) is 0 Å². The number of carbonyl (C=O) groups excluding carboxylic acids is 2. The molecule has 0 unspecified atom stereocenters. The van der Waals surface area contributed by atoms with Crippen molar-refractivity contribution in [3.63, 3.8) is 0 Å². The fourth-order valence-electron chi connectivity index (χ4n) is 1.17. The standard InChI is InChI=1S/C10H6O2S/c11-9-6-8(10(12)13-9)7-4-2-1-3-5-7/h1-6H. The first-order valence-electron chi connectivity index (χ1n) is 3.80. The molecule has 0 bridgehead atoms. The Morgan fingerprint density at radius 3 is 2.23 bits per heavy atom. The van der Waals surface area contributed by atoms with Gasteiger partial charge in [-0.3, -0.25) is 9.59 Å². The maximum Gasteiger partial charge on any atom is 0.227 e. The van der Waals surface area contributed by atoms with Gasteiger partial charge in [0.15, 0.2) is 0 Å². The molecule has 0 saturated carbocycles. The van der Waals surface area contributed by atoms with Gasteiger partial charge in [-0.05, 0) is 17.3 Å². The number of rotatable bonds is 1. The van der Waals surface area contributed by atoms with Crippen LogP contribution >= 0.6 is 11.8 Å². The third-order valence-corrected chi connectivity index (χ3v) is 2.48. The summed E-state index contributed by atoms with van der Waals surface area (Å²) in [6.45, 7) is 0. The molecular formula is C10H6O2S. The lowest BCUT2D eigenvalue weighted by Gasteiger charge is -1.96. The summed E-state index contributed by atoms with van der Waals surface area (Å²) in [7, 11) is 0. The zero-order chi connectivity index (χ0) is 9.26. The van der Waals surface area contributed by atoms with Gasteiger partial charge in [-0.25, -0.2) is 0 Å². The topological polar surface area (TPSA) is 34.1 Å². The predicted molar refractivity (Wildman–Crippen MR) is 52.0 cm³/mol. The van der Waals surface area contributed by atoms with E-state index in [4.69, 9.17) is 0 Å². The molecule has 0 aliphatic carbocycles. The van der Waals surface area contributed by atoms with Crippen molar-refractivity contribution in [2.24, 2.45) is 0 Å². The quantitative estimate of drug-likeness (QED) is 0.678. The zero-order valence-corrected chi connectivity index (χ0v) is 7.51. The summed E-state index contributed by atoms with van der Waals surface area (Å²) in [6.07, 6.45) is 1.39. The van der Waals surface area contributed by atoms with Crippen molar-refractivity contribution in [1.29, 1.82) is 0 Å². The fraction of sp³-hybridized carbons (Fsp3) is 0. The smallest absolute Gasteiger partial charge is 0.227 e. The number of hydrogen-bond donors (Lipinski definition) is 0. The summed E-state index contributed by atoms with van der Waals surface area (Å²) >= 11 is 0.753. The Bertz CT molecular complexity index is 393. The highest BCUT2D eigenvalue weighted by Gasteiger charge is 2.23. The second-order valence-corrected chi connectivity index (χ2v) is 3.61. The molecule has 1 aliphatic heterocycles. The Labute approximate surface area is 79.6 Å². The van der Waals surface area contributed by atoms with Crippen LogP contribution in [0.1, 0.15) is 5.56 Å². The molecule has 0 fully saturated rings. The van der Waals surface area contributed by atoms with Crippen molar-refractivity contribution in [3.8, 4) is 0 Å². The van der Waals surface area contributed by atoms with E-state index in [9.17, 15) is 9.59 Å². The summed E-state index contributed by atoms with van der Waals surface area (Å²) in [5.74, 6) is 0. The van der Waals surface area contributed by atoms with Gasteiger partial charge in [0.1, 0.15) is 0 Å². The van der Waals surface area contributed by atoms with Gasteiger partial charge in [-0.1, -0.05) is 30.3 Å². The molecule has 13 heavy (non-hydrogen) atoms. The highest BCUT2D eigenvalue weighted by Crippen LogP contribution is 2.28. The monoisotopic (exact) mass is 190 g/mol. The fourth-order valence-corrected chi connectivity index (χ4v) is 1.82. The Morgan fingerprint density at radius 1 is 1.00 bits per heavy atom. The molecule has 1 aromatic rings. The lowest BCUT2D eigenvalue weighted by Crippen LogP contribution is -1.90. The van der Waals surface area contributed by atoms with Crippen LogP contribution in [-0.4, -0.2) is 10.2 Å². The van der Waals surface area contributed by atoms with Crippen molar-refractivity contribution < 1.29 is 9.59 Å². The van der Waals surface area contributed by atoms with Crippen LogP contribution in [0.3, 0.4) is 0 Å². The van der Waals surface area contributed by atoms with Gasteiger partial charge in [-0.2, -0.15) is 0 Å². The molecule has 0 N–H and O–H groups in total.